The van der Waals surface area contributed by atoms with E-state index in [4.69, 9.17) is 4.74 Å². The van der Waals surface area contributed by atoms with Crippen molar-refractivity contribution in [2.24, 2.45) is 0 Å². The molecule has 2 aromatic rings. The summed E-state index contributed by atoms with van der Waals surface area (Å²) in [6.07, 6.45) is 0. The normalized spacial score (nSPS) is 10.3. The molecule has 5 heteroatoms. The molecular weight excluding hydrogens is 249 g/mol. The summed E-state index contributed by atoms with van der Waals surface area (Å²) >= 11 is 0. The van der Waals surface area contributed by atoms with Crippen molar-refractivity contribution in [3.8, 4) is 11.5 Å². The van der Waals surface area contributed by atoms with Crippen LogP contribution in [0.5, 0.6) is 11.5 Å². The number of halogens is 1. The predicted molar refractivity (Wildman–Crippen MR) is 69.0 cm³/mol. The first-order valence-corrected chi connectivity index (χ1v) is 5.67. The van der Waals surface area contributed by atoms with Gasteiger partial charge < -0.3 is 4.74 Å². The van der Waals surface area contributed by atoms with Crippen molar-refractivity contribution in [3.63, 3.8) is 0 Å². The van der Waals surface area contributed by atoms with Crippen LogP contribution in [0, 0.1) is 29.8 Å². The summed E-state index contributed by atoms with van der Waals surface area (Å²) in [6, 6.07) is 9.29. The summed E-state index contributed by atoms with van der Waals surface area (Å²) in [5, 5.41) is 10.9. The zero-order chi connectivity index (χ0) is 14.0. The van der Waals surface area contributed by atoms with Gasteiger partial charge in [0.2, 0.25) is 11.6 Å². The number of aryl methyl sites for hydroxylation is 2. The maximum absolute atomic E-state index is 13.5. The van der Waals surface area contributed by atoms with E-state index >= 15 is 0 Å². The van der Waals surface area contributed by atoms with E-state index in [0.717, 1.165) is 17.2 Å². The van der Waals surface area contributed by atoms with Crippen LogP contribution in [0.1, 0.15) is 11.1 Å². The average Bonchev–Trinajstić information content (AvgIpc) is 2.33. The Labute approximate surface area is 109 Å². The van der Waals surface area contributed by atoms with Gasteiger partial charge in [0, 0.05) is 0 Å². The van der Waals surface area contributed by atoms with E-state index in [9.17, 15) is 14.5 Å². The first-order chi connectivity index (χ1) is 8.99. The van der Waals surface area contributed by atoms with Crippen molar-refractivity contribution in [3.05, 3.63) is 63.5 Å². The molecule has 0 atom stereocenters. The van der Waals surface area contributed by atoms with Crippen LogP contribution in [-0.2, 0) is 0 Å². The molecule has 0 unspecified atom stereocenters. The third-order valence-corrected chi connectivity index (χ3v) is 2.70. The molecule has 0 fully saturated rings. The van der Waals surface area contributed by atoms with Gasteiger partial charge in [0.05, 0.1) is 4.92 Å². The molecule has 0 aliphatic rings. The van der Waals surface area contributed by atoms with Gasteiger partial charge in [-0.2, -0.15) is 4.39 Å². The number of rotatable bonds is 3. The Hall–Kier alpha value is -2.43. The molecule has 0 aliphatic carbocycles. The van der Waals surface area contributed by atoms with Gasteiger partial charge in [-0.15, -0.1) is 0 Å². The van der Waals surface area contributed by atoms with E-state index < -0.39 is 16.4 Å². The molecular formula is C14H12FNO3. The van der Waals surface area contributed by atoms with Gasteiger partial charge in [0.15, 0.2) is 0 Å². The number of nitro groups is 1. The molecule has 2 aromatic carbocycles. The smallest absolute Gasteiger partial charge is 0.346 e. The number of hydrogen-bond donors (Lipinski definition) is 0. The molecule has 0 aliphatic heterocycles. The fourth-order valence-corrected chi connectivity index (χ4v) is 1.69. The minimum absolute atomic E-state index is 0.0984. The second kappa shape index (κ2) is 5.06. The Morgan fingerprint density at radius 2 is 1.89 bits per heavy atom. The number of nitrogens with zero attached hydrogens (tertiary/aromatic N) is 1. The molecule has 19 heavy (non-hydrogen) atoms. The van der Waals surface area contributed by atoms with Gasteiger partial charge in [0.25, 0.3) is 0 Å². The number of hydrogen-bond acceptors (Lipinski definition) is 3. The molecule has 0 spiro atoms. The Morgan fingerprint density at radius 3 is 2.58 bits per heavy atom. The topological polar surface area (TPSA) is 52.4 Å². The lowest BCUT2D eigenvalue weighted by molar-refractivity contribution is -0.388. The number of ether oxygens (including phenoxy) is 1. The summed E-state index contributed by atoms with van der Waals surface area (Å²) in [5.74, 6) is -0.528. The highest BCUT2D eigenvalue weighted by molar-refractivity contribution is 5.50. The van der Waals surface area contributed by atoms with Gasteiger partial charge in [-0.3, -0.25) is 10.1 Å². The van der Waals surface area contributed by atoms with Crippen molar-refractivity contribution in [1.29, 1.82) is 0 Å². The average molecular weight is 261 g/mol. The van der Waals surface area contributed by atoms with E-state index in [0.29, 0.717) is 5.75 Å². The standard InChI is InChI=1S/C14H12FNO3/c1-9-6-7-10(2)13(8-9)19-12-5-3-4-11(15)14(12)16(17)18/h3-8H,1-2H3. The lowest BCUT2D eigenvalue weighted by Gasteiger charge is -2.09. The second-order valence-corrected chi connectivity index (χ2v) is 4.21. The maximum Gasteiger partial charge on any atom is 0.346 e. The van der Waals surface area contributed by atoms with E-state index in [1.807, 2.05) is 26.0 Å². The molecule has 0 radical (unpaired) electrons. The number of para-hydroxylation sites is 1. The lowest BCUT2D eigenvalue weighted by Crippen LogP contribution is -1.97. The zero-order valence-corrected chi connectivity index (χ0v) is 10.5. The molecule has 0 heterocycles. The van der Waals surface area contributed by atoms with Crippen LogP contribution in [-0.4, -0.2) is 4.92 Å². The van der Waals surface area contributed by atoms with Crippen LogP contribution in [0.3, 0.4) is 0 Å². The first-order valence-electron chi connectivity index (χ1n) is 5.67. The Balaban J connectivity index is 2.46. The maximum atomic E-state index is 13.5. The summed E-state index contributed by atoms with van der Waals surface area (Å²) in [7, 11) is 0. The lowest BCUT2D eigenvalue weighted by atomic mass is 10.1. The monoisotopic (exact) mass is 261 g/mol. The molecule has 0 amide bonds. The molecule has 98 valence electrons. The quantitative estimate of drug-likeness (QED) is 0.616. The first kappa shape index (κ1) is 13.0. The highest BCUT2D eigenvalue weighted by Gasteiger charge is 2.22. The Kier molecular flexibility index (Phi) is 3.46. The highest BCUT2D eigenvalue weighted by Crippen LogP contribution is 2.34. The molecule has 0 saturated heterocycles. The molecule has 0 aromatic heterocycles. The van der Waals surface area contributed by atoms with Gasteiger partial charge in [-0.1, -0.05) is 18.2 Å². The SMILES string of the molecule is Cc1ccc(C)c(Oc2cccc(F)c2[N+](=O)[O-])c1. The van der Waals surface area contributed by atoms with Crippen LogP contribution in [0.25, 0.3) is 0 Å². The van der Waals surface area contributed by atoms with Gasteiger partial charge in [-0.25, -0.2) is 0 Å². The largest absolute Gasteiger partial charge is 0.450 e. The fraction of sp³-hybridized carbons (Fsp3) is 0.143. The molecule has 0 saturated carbocycles. The van der Waals surface area contributed by atoms with E-state index in [1.165, 1.54) is 12.1 Å². The minimum Gasteiger partial charge on any atom is -0.450 e. The van der Waals surface area contributed by atoms with Crippen molar-refractivity contribution in [1.82, 2.24) is 0 Å². The molecule has 4 nitrogen and oxygen atoms in total. The van der Waals surface area contributed by atoms with Crippen LogP contribution in [0.15, 0.2) is 36.4 Å². The predicted octanol–water partition coefficient (Wildman–Crippen LogP) is 4.14. The van der Waals surface area contributed by atoms with E-state index in [1.54, 1.807) is 6.07 Å². The van der Waals surface area contributed by atoms with Crippen molar-refractivity contribution in [2.45, 2.75) is 13.8 Å². The summed E-state index contributed by atoms with van der Waals surface area (Å²) < 4.78 is 18.9. The molecule has 2 rings (SSSR count). The molecule has 0 N–H and O–H groups in total. The fourth-order valence-electron chi connectivity index (χ4n) is 1.69. The van der Waals surface area contributed by atoms with E-state index in [2.05, 4.69) is 0 Å². The number of benzene rings is 2. The third-order valence-electron chi connectivity index (χ3n) is 2.70. The highest BCUT2D eigenvalue weighted by atomic mass is 19.1. The molecule has 0 bridgehead atoms. The summed E-state index contributed by atoms with van der Waals surface area (Å²) in [5.41, 5.74) is 1.13. The van der Waals surface area contributed by atoms with Gasteiger partial charge in [-0.05, 0) is 43.2 Å². The number of nitro benzene ring substituents is 1. The van der Waals surface area contributed by atoms with Crippen LogP contribution in [0.2, 0.25) is 0 Å². The van der Waals surface area contributed by atoms with E-state index in [-0.39, 0.29) is 5.75 Å². The Morgan fingerprint density at radius 1 is 1.16 bits per heavy atom. The van der Waals surface area contributed by atoms with Crippen LogP contribution < -0.4 is 4.74 Å². The summed E-state index contributed by atoms with van der Waals surface area (Å²) in [4.78, 5) is 10.1. The van der Waals surface area contributed by atoms with Crippen molar-refractivity contribution < 1.29 is 14.1 Å². The minimum atomic E-state index is -0.909. The van der Waals surface area contributed by atoms with Gasteiger partial charge >= 0.3 is 5.69 Å². The van der Waals surface area contributed by atoms with Gasteiger partial charge in [0.1, 0.15) is 5.75 Å². The zero-order valence-electron chi connectivity index (χ0n) is 10.5. The third kappa shape index (κ3) is 2.70. The van der Waals surface area contributed by atoms with Crippen LogP contribution in [0.4, 0.5) is 10.1 Å². The van der Waals surface area contributed by atoms with Crippen molar-refractivity contribution in [2.75, 3.05) is 0 Å². The van der Waals surface area contributed by atoms with Crippen LogP contribution >= 0.6 is 0 Å². The second-order valence-electron chi connectivity index (χ2n) is 4.21. The Bertz CT molecular complexity index is 641. The summed E-state index contributed by atoms with van der Waals surface area (Å²) in [6.45, 7) is 3.70. The van der Waals surface area contributed by atoms with Crippen molar-refractivity contribution >= 4 is 5.69 Å².